The molecule has 2 nitrogen and oxygen atoms in total. The lowest BCUT2D eigenvalue weighted by molar-refractivity contribution is 0.624. The van der Waals surface area contributed by atoms with E-state index in [1.807, 2.05) is 18.2 Å². The van der Waals surface area contributed by atoms with Crippen molar-refractivity contribution in [3.05, 3.63) is 53.8 Å². The van der Waals surface area contributed by atoms with Gasteiger partial charge >= 0.3 is 0 Å². The van der Waals surface area contributed by atoms with E-state index in [0.29, 0.717) is 5.69 Å². The molecule has 2 aromatic rings. The van der Waals surface area contributed by atoms with Crippen LogP contribution >= 0.6 is 11.8 Å². The van der Waals surface area contributed by atoms with E-state index >= 15 is 0 Å². The van der Waals surface area contributed by atoms with E-state index in [1.165, 1.54) is 17.7 Å². The topological polar surface area (TPSA) is 52.0 Å². The van der Waals surface area contributed by atoms with E-state index < -0.39 is 0 Å². The molecule has 0 saturated heterocycles. The predicted octanol–water partition coefficient (Wildman–Crippen LogP) is 3.72. The third kappa shape index (κ3) is 4.17. The van der Waals surface area contributed by atoms with Crippen molar-refractivity contribution in [2.45, 2.75) is 17.7 Å². The van der Waals surface area contributed by atoms with E-state index in [9.17, 15) is 4.39 Å². The summed E-state index contributed by atoms with van der Waals surface area (Å²) in [5, 5.41) is 0. The number of hydrogen-bond acceptors (Lipinski definition) is 3. The van der Waals surface area contributed by atoms with E-state index in [2.05, 4.69) is 6.07 Å². The van der Waals surface area contributed by atoms with Gasteiger partial charge in [-0.1, -0.05) is 12.1 Å². The number of benzene rings is 2. The Morgan fingerprint density at radius 2 is 1.89 bits per heavy atom. The molecule has 2 aromatic carbocycles. The molecule has 0 spiro atoms. The van der Waals surface area contributed by atoms with Crippen LogP contribution in [0.5, 0.6) is 0 Å². The molecule has 2 rings (SSSR count). The Balaban J connectivity index is 1.82. The zero-order valence-corrected chi connectivity index (χ0v) is 11.4. The second-order valence-electron chi connectivity index (χ2n) is 4.38. The molecule has 0 heterocycles. The van der Waals surface area contributed by atoms with Crippen LogP contribution in [0.3, 0.4) is 0 Å². The first kappa shape index (κ1) is 13.7. The van der Waals surface area contributed by atoms with Crippen LogP contribution in [-0.4, -0.2) is 5.75 Å². The molecule has 0 aliphatic heterocycles. The Hall–Kier alpha value is -1.68. The number of aryl methyl sites for hydroxylation is 1. The maximum absolute atomic E-state index is 13.1. The van der Waals surface area contributed by atoms with Crippen molar-refractivity contribution in [3.8, 4) is 0 Å². The van der Waals surface area contributed by atoms with Gasteiger partial charge in [0.2, 0.25) is 0 Å². The lowest BCUT2D eigenvalue weighted by Gasteiger charge is -2.06. The quantitative estimate of drug-likeness (QED) is 0.497. The van der Waals surface area contributed by atoms with Gasteiger partial charge < -0.3 is 11.5 Å². The fourth-order valence-electron chi connectivity index (χ4n) is 1.84. The molecule has 0 aliphatic rings. The molecule has 0 aromatic heterocycles. The van der Waals surface area contributed by atoms with Crippen molar-refractivity contribution in [1.82, 2.24) is 0 Å². The summed E-state index contributed by atoms with van der Waals surface area (Å²) in [5.41, 5.74) is 14.2. The van der Waals surface area contributed by atoms with Crippen molar-refractivity contribution in [2.75, 3.05) is 17.2 Å². The van der Waals surface area contributed by atoms with Crippen LogP contribution in [0, 0.1) is 5.82 Å². The fraction of sp³-hybridized carbons (Fsp3) is 0.200. The number of thioether (sulfide) groups is 1. The van der Waals surface area contributed by atoms with Crippen LogP contribution in [0.15, 0.2) is 47.4 Å². The number of rotatable bonds is 5. The zero-order chi connectivity index (χ0) is 13.7. The second kappa shape index (κ2) is 6.48. The molecule has 0 radical (unpaired) electrons. The fourth-order valence-corrected chi connectivity index (χ4v) is 2.78. The van der Waals surface area contributed by atoms with Crippen molar-refractivity contribution < 1.29 is 4.39 Å². The Morgan fingerprint density at radius 3 is 2.68 bits per heavy atom. The van der Waals surface area contributed by atoms with Crippen LogP contribution in [0.2, 0.25) is 0 Å². The van der Waals surface area contributed by atoms with Gasteiger partial charge in [-0.05, 0) is 54.5 Å². The summed E-state index contributed by atoms with van der Waals surface area (Å²) in [4.78, 5) is 0.813. The molecule has 0 aliphatic carbocycles. The molecule has 0 unspecified atom stereocenters. The van der Waals surface area contributed by atoms with Crippen molar-refractivity contribution in [1.29, 1.82) is 0 Å². The number of hydrogen-bond donors (Lipinski definition) is 2. The van der Waals surface area contributed by atoms with Crippen molar-refractivity contribution in [2.24, 2.45) is 0 Å². The minimum absolute atomic E-state index is 0.243. The van der Waals surface area contributed by atoms with Crippen molar-refractivity contribution >= 4 is 23.1 Å². The molecular weight excluding hydrogens is 259 g/mol. The molecular formula is C15H17FN2S. The van der Waals surface area contributed by atoms with Gasteiger partial charge in [-0.25, -0.2) is 4.39 Å². The third-order valence-electron chi connectivity index (χ3n) is 2.79. The van der Waals surface area contributed by atoms with Crippen LogP contribution in [0.25, 0.3) is 0 Å². The number of nitrogen functional groups attached to an aromatic ring is 2. The van der Waals surface area contributed by atoms with E-state index in [0.717, 1.165) is 29.2 Å². The SMILES string of the molecule is Nc1cccc(CCCSc2cc(F)ccc2N)c1. The highest BCUT2D eigenvalue weighted by Gasteiger charge is 2.02. The Bertz CT molecular complexity index is 558. The summed E-state index contributed by atoms with van der Waals surface area (Å²) in [6.45, 7) is 0. The number of nitrogens with two attached hydrogens (primary N) is 2. The monoisotopic (exact) mass is 276 g/mol. The highest BCUT2D eigenvalue weighted by molar-refractivity contribution is 7.99. The Morgan fingerprint density at radius 1 is 1.05 bits per heavy atom. The van der Waals surface area contributed by atoms with E-state index in [1.54, 1.807) is 17.8 Å². The Kier molecular flexibility index (Phi) is 4.68. The average molecular weight is 276 g/mol. The summed E-state index contributed by atoms with van der Waals surface area (Å²) in [5.74, 6) is 0.662. The van der Waals surface area contributed by atoms with Gasteiger partial charge in [0.25, 0.3) is 0 Å². The van der Waals surface area contributed by atoms with E-state index in [4.69, 9.17) is 11.5 Å². The minimum Gasteiger partial charge on any atom is -0.399 e. The molecule has 100 valence electrons. The largest absolute Gasteiger partial charge is 0.399 e. The molecule has 0 bridgehead atoms. The first-order valence-electron chi connectivity index (χ1n) is 6.17. The summed E-state index contributed by atoms with van der Waals surface area (Å²) in [6, 6.07) is 12.4. The van der Waals surface area contributed by atoms with Crippen molar-refractivity contribution in [3.63, 3.8) is 0 Å². The molecule has 0 amide bonds. The summed E-state index contributed by atoms with van der Waals surface area (Å²) in [6.07, 6.45) is 1.97. The summed E-state index contributed by atoms with van der Waals surface area (Å²) < 4.78 is 13.1. The molecule has 4 N–H and O–H groups in total. The van der Waals surface area contributed by atoms with E-state index in [-0.39, 0.29) is 5.82 Å². The van der Waals surface area contributed by atoms with Crippen LogP contribution in [-0.2, 0) is 6.42 Å². The molecule has 4 heteroatoms. The second-order valence-corrected chi connectivity index (χ2v) is 5.52. The van der Waals surface area contributed by atoms with Gasteiger partial charge in [0, 0.05) is 16.3 Å². The molecule has 0 fully saturated rings. The lowest BCUT2D eigenvalue weighted by Crippen LogP contribution is -1.93. The van der Waals surface area contributed by atoms with Crippen LogP contribution < -0.4 is 11.5 Å². The molecule has 19 heavy (non-hydrogen) atoms. The number of halogens is 1. The van der Waals surface area contributed by atoms with Crippen LogP contribution in [0.1, 0.15) is 12.0 Å². The first-order chi connectivity index (χ1) is 9.15. The average Bonchev–Trinajstić information content (AvgIpc) is 2.39. The molecule has 0 atom stereocenters. The minimum atomic E-state index is -0.243. The lowest BCUT2D eigenvalue weighted by atomic mass is 10.1. The maximum Gasteiger partial charge on any atom is 0.124 e. The normalized spacial score (nSPS) is 10.6. The predicted molar refractivity (Wildman–Crippen MR) is 80.7 cm³/mol. The Labute approximate surface area is 117 Å². The summed E-state index contributed by atoms with van der Waals surface area (Å²) >= 11 is 1.59. The maximum atomic E-state index is 13.1. The zero-order valence-electron chi connectivity index (χ0n) is 10.6. The van der Waals surface area contributed by atoms with Gasteiger partial charge in [-0.3, -0.25) is 0 Å². The van der Waals surface area contributed by atoms with Gasteiger partial charge in [0.05, 0.1) is 0 Å². The van der Waals surface area contributed by atoms with Gasteiger partial charge in [0.15, 0.2) is 0 Å². The highest BCUT2D eigenvalue weighted by Crippen LogP contribution is 2.26. The smallest absolute Gasteiger partial charge is 0.124 e. The van der Waals surface area contributed by atoms with Crippen LogP contribution in [0.4, 0.5) is 15.8 Å². The third-order valence-corrected chi connectivity index (χ3v) is 3.95. The summed E-state index contributed by atoms with van der Waals surface area (Å²) in [7, 11) is 0. The number of anilines is 2. The first-order valence-corrected chi connectivity index (χ1v) is 7.16. The highest BCUT2D eigenvalue weighted by atomic mass is 32.2. The molecule has 0 saturated carbocycles. The van der Waals surface area contributed by atoms with Gasteiger partial charge in [0.1, 0.15) is 5.82 Å². The van der Waals surface area contributed by atoms with Gasteiger partial charge in [-0.2, -0.15) is 0 Å². The van der Waals surface area contributed by atoms with Gasteiger partial charge in [-0.15, -0.1) is 11.8 Å². The standard InChI is InChI=1S/C15H17FN2S/c16-12-6-7-14(18)15(10-12)19-8-2-4-11-3-1-5-13(17)9-11/h1,3,5-7,9-10H,2,4,8,17-18H2.